The van der Waals surface area contributed by atoms with Crippen LogP contribution in [-0.2, 0) is 24.2 Å². The molecule has 114 valence electrons. The zero-order chi connectivity index (χ0) is 15.9. The van der Waals surface area contributed by atoms with Crippen LogP contribution in [0.3, 0.4) is 0 Å². The zero-order valence-corrected chi connectivity index (χ0v) is 10.3. The van der Waals surface area contributed by atoms with E-state index in [1.54, 1.807) is 0 Å². The molecule has 4 nitrogen and oxygen atoms in total. The molecule has 10 heteroatoms. The first-order chi connectivity index (χ1) is 8.85. The molecule has 0 spiro atoms. The van der Waals surface area contributed by atoms with Crippen LogP contribution in [0.25, 0.3) is 0 Å². The molecule has 1 rings (SSSR count). The van der Waals surface area contributed by atoms with Gasteiger partial charge in [0.1, 0.15) is 5.69 Å². The Morgan fingerprint density at radius 2 is 1.75 bits per heavy atom. The van der Waals surface area contributed by atoms with Crippen LogP contribution in [0.2, 0.25) is 0 Å². The highest BCUT2D eigenvalue weighted by molar-refractivity contribution is 5.68. The number of carbonyl (C=O) groups is 1. The molecule has 1 unspecified atom stereocenters. The molecule has 1 aromatic heterocycles. The molecule has 0 radical (unpaired) electrons. The van der Waals surface area contributed by atoms with Crippen molar-refractivity contribution < 1.29 is 36.2 Å². The summed E-state index contributed by atoms with van der Waals surface area (Å²) in [6.45, 7) is 0.982. The van der Waals surface area contributed by atoms with Crippen LogP contribution in [0.5, 0.6) is 0 Å². The van der Waals surface area contributed by atoms with Crippen LogP contribution < -0.4 is 0 Å². The van der Waals surface area contributed by atoms with Gasteiger partial charge in [0.05, 0.1) is 6.42 Å². The fourth-order valence-electron chi connectivity index (χ4n) is 1.92. The summed E-state index contributed by atoms with van der Waals surface area (Å²) in [7, 11) is 0.731. The van der Waals surface area contributed by atoms with Gasteiger partial charge in [0.25, 0.3) is 0 Å². The Morgan fingerprint density at radius 3 is 2.10 bits per heavy atom. The molecule has 0 amide bonds. The van der Waals surface area contributed by atoms with E-state index >= 15 is 0 Å². The number of rotatable bonds is 3. The lowest BCUT2D eigenvalue weighted by molar-refractivity contribution is -0.146. The summed E-state index contributed by atoms with van der Waals surface area (Å²) in [5, 5.41) is 11.4. The van der Waals surface area contributed by atoms with Gasteiger partial charge in [-0.25, -0.2) is 0 Å². The lowest BCUT2D eigenvalue weighted by Gasteiger charge is -2.15. The third-order valence-electron chi connectivity index (χ3n) is 2.59. The van der Waals surface area contributed by atoms with Crippen molar-refractivity contribution in [1.29, 1.82) is 0 Å². The number of hydrogen-bond acceptors (Lipinski definition) is 2. The Balaban J connectivity index is 3.54. The van der Waals surface area contributed by atoms with Crippen molar-refractivity contribution in [3.63, 3.8) is 0 Å². The molecule has 1 N–H and O–H groups in total. The first-order valence-corrected chi connectivity index (χ1v) is 5.28. The summed E-state index contributed by atoms with van der Waals surface area (Å²) in [4.78, 5) is 10.5. The average Bonchev–Trinajstić information content (AvgIpc) is 2.53. The fraction of sp³-hybridized carbons (Fsp3) is 0.600. The average molecular weight is 304 g/mol. The van der Waals surface area contributed by atoms with E-state index in [-0.39, 0.29) is 4.68 Å². The number of halogens is 6. The predicted octanol–water partition coefficient (Wildman–Crippen LogP) is 3.04. The molecule has 0 aromatic carbocycles. The Bertz CT molecular complexity index is 517. The van der Waals surface area contributed by atoms with Gasteiger partial charge in [-0.05, 0) is 5.92 Å². The van der Waals surface area contributed by atoms with Crippen LogP contribution in [0, 0.1) is 0 Å². The maximum atomic E-state index is 12.8. The minimum Gasteiger partial charge on any atom is -0.481 e. The van der Waals surface area contributed by atoms with Gasteiger partial charge in [-0.2, -0.15) is 31.4 Å². The first-order valence-electron chi connectivity index (χ1n) is 5.28. The smallest absolute Gasteiger partial charge is 0.435 e. The van der Waals surface area contributed by atoms with Crippen molar-refractivity contribution in [3.05, 3.63) is 17.0 Å². The number of aliphatic carboxylic acids is 1. The number of aromatic nitrogens is 2. The number of aryl methyl sites for hydroxylation is 1. The molecule has 0 aliphatic carbocycles. The maximum absolute atomic E-state index is 12.8. The minimum absolute atomic E-state index is 0.0799. The summed E-state index contributed by atoms with van der Waals surface area (Å²) in [5.74, 6) is -2.97. The second-order valence-corrected chi connectivity index (χ2v) is 4.23. The first kappa shape index (κ1) is 16.3. The number of carboxylic acids is 1. The molecule has 0 aliphatic heterocycles. The highest BCUT2D eigenvalue weighted by Crippen LogP contribution is 2.42. The quantitative estimate of drug-likeness (QED) is 0.873. The number of alkyl halides is 6. The van der Waals surface area contributed by atoms with Gasteiger partial charge in [0.2, 0.25) is 0 Å². The highest BCUT2D eigenvalue weighted by Gasteiger charge is 2.47. The van der Waals surface area contributed by atoms with Gasteiger partial charge in [0.15, 0.2) is 5.69 Å². The second-order valence-electron chi connectivity index (χ2n) is 4.23. The van der Waals surface area contributed by atoms with Crippen LogP contribution >= 0.6 is 0 Å². The molecule has 1 atom stereocenters. The van der Waals surface area contributed by atoms with E-state index in [4.69, 9.17) is 5.11 Å². The Labute approximate surface area is 109 Å². The van der Waals surface area contributed by atoms with Crippen LogP contribution in [0.15, 0.2) is 0 Å². The Hall–Kier alpha value is -1.74. The molecule has 0 saturated carbocycles. The monoisotopic (exact) mass is 304 g/mol. The van der Waals surface area contributed by atoms with Gasteiger partial charge in [-0.3, -0.25) is 9.48 Å². The van der Waals surface area contributed by atoms with Gasteiger partial charge in [0, 0.05) is 12.6 Å². The van der Waals surface area contributed by atoms with Crippen LogP contribution in [-0.4, -0.2) is 20.9 Å². The SMILES string of the molecule is CC(CC(=O)O)c1c(C(F)(F)F)nn(C)c1C(F)(F)F. The Morgan fingerprint density at radius 1 is 1.25 bits per heavy atom. The molecular formula is C10H10F6N2O2. The molecule has 1 aromatic rings. The van der Waals surface area contributed by atoms with Gasteiger partial charge in [-0.1, -0.05) is 6.92 Å². The molecule has 0 bridgehead atoms. The maximum Gasteiger partial charge on any atom is 0.435 e. The largest absolute Gasteiger partial charge is 0.481 e. The van der Waals surface area contributed by atoms with Gasteiger partial charge in [-0.15, -0.1) is 0 Å². The standard InChI is InChI=1S/C10H10F6N2O2/c1-4(3-5(19)20)6-7(9(11,12)13)17-18(2)8(6)10(14,15)16/h4H,3H2,1-2H3,(H,19,20). The summed E-state index contributed by atoms with van der Waals surface area (Å²) >= 11 is 0. The van der Waals surface area contributed by atoms with E-state index in [2.05, 4.69) is 5.10 Å². The number of carboxylic acid groups (broad SMARTS) is 1. The van der Waals surface area contributed by atoms with Gasteiger partial charge >= 0.3 is 18.3 Å². The summed E-state index contributed by atoms with van der Waals surface area (Å²) in [5.41, 5.74) is -4.44. The Kier molecular flexibility index (Phi) is 4.07. The topological polar surface area (TPSA) is 55.1 Å². The summed E-state index contributed by atoms with van der Waals surface area (Å²) in [6, 6.07) is 0. The normalized spacial score (nSPS) is 14.4. The number of hydrogen-bond donors (Lipinski definition) is 1. The molecule has 0 saturated heterocycles. The highest BCUT2D eigenvalue weighted by atomic mass is 19.4. The van der Waals surface area contributed by atoms with E-state index in [0.717, 1.165) is 14.0 Å². The van der Waals surface area contributed by atoms with Gasteiger partial charge < -0.3 is 5.11 Å². The zero-order valence-electron chi connectivity index (χ0n) is 10.3. The third kappa shape index (κ3) is 3.23. The van der Waals surface area contributed by atoms with E-state index < -0.39 is 47.6 Å². The summed E-state index contributed by atoms with van der Waals surface area (Å²) < 4.78 is 76.8. The van der Waals surface area contributed by atoms with Crippen molar-refractivity contribution in [2.45, 2.75) is 31.6 Å². The van der Waals surface area contributed by atoms with Crippen molar-refractivity contribution in [1.82, 2.24) is 9.78 Å². The van der Waals surface area contributed by atoms with E-state index in [1.165, 1.54) is 0 Å². The number of nitrogens with zero attached hydrogens (tertiary/aromatic N) is 2. The van der Waals surface area contributed by atoms with E-state index in [9.17, 15) is 31.1 Å². The molecule has 20 heavy (non-hydrogen) atoms. The lowest BCUT2D eigenvalue weighted by atomic mass is 9.94. The van der Waals surface area contributed by atoms with Crippen molar-refractivity contribution in [2.24, 2.45) is 7.05 Å². The lowest BCUT2D eigenvalue weighted by Crippen LogP contribution is -2.17. The fourth-order valence-corrected chi connectivity index (χ4v) is 1.92. The van der Waals surface area contributed by atoms with E-state index in [0.29, 0.717) is 0 Å². The van der Waals surface area contributed by atoms with E-state index in [1.807, 2.05) is 0 Å². The molecule has 0 aliphatic rings. The van der Waals surface area contributed by atoms with Crippen LogP contribution in [0.1, 0.15) is 36.2 Å². The van der Waals surface area contributed by atoms with Crippen molar-refractivity contribution in [2.75, 3.05) is 0 Å². The third-order valence-corrected chi connectivity index (χ3v) is 2.59. The van der Waals surface area contributed by atoms with Crippen molar-refractivity contribution in [3.8, 4) is 0 Å². The van der Waals surface area contributed by atoms with Crippen molar-refractivity contribution >= 4 is 5.97 Å². The minimum atomic E-state index is -5.09. The van der Waals surface area contributed by atoms with Crippen LogP contribution in [0.4, 0.5) is 26.3 Å². The predicted molar refractivity (Wildman–Crippen MR) is 53.9 cm³/mol. The summed E-state index contributed by atoms with van der Waals surface area (Å²) in [6.07, 6.45) is -11.0. The molecule has 1 heterocycles. The second kappa shape index (κ2) is 4.98. The molecule has 0 fully saturated rings. The molecular weight excluding hydrogens is 294 g/mol.